The van der Waals surface area contributed by atoms with Crippen LogP contribution in [0.5, 0.6) is 0 Å². The molecule has 0 aliphatic carbocycles. The molecule has 5 heteroatoms. The maximum atomic E-state index is 12.2. The first-order valence-corrected chi connectivity index (χ1v) is 7.73. The number of nitrogens with one attached hydrogen (secondary N) is 1. The van der Waals surface area contributed by atoms with Gasteiger partial charge in [0.05, 0.1) is 11.6 Å². The van der Waals surface area contributed by atoms with Crippen LogP contribution in [0.25, 0.3) is 0 Å². The lowest BCUT2D eigenvalue weighted by molar-refractivity contribution is -0.132. The molecule has 0 saturated carbocycles. The molecule has 22 heavy (non-hydrogen) atoms. The van der Waals surface area contributed by atoms with E-state index in [0.29, 0.717) is 30.6 Å². The molecule has 116 valence electrons. The van der Waals surface area contributed by atoms with Crippen molar-refractivity contribution in [2.24, 2.45) is 0 Å². The van der Waals surface area contributed by atoms with Gasteiger partial charge in [-0.3, -0.25) is 9.59 Å². The highest BCUT2D eigenvalue weighted by Gasteiger charge is 2.23. The van der Waals surface area contributed by atoms with Crippen molar-refractivity contribution >= 4 is 11.8 Å². The van der Waals surface area contributed by atoms with Crippen LogP contribution >= 0.6 is 0 Å². The summed E-state index contributed by atoms with van der Waals surface area (Å²) in [7, 11) is 0. The average molecular weight is 299 g/mol. The van der Waals surface area contributed by atoms with E-state index in [2.05, 4.69) is 5.32 Å². The third-order valence-corrected chi connectivity index (χ3v) is 3.90. The molecular formula is C17H21N3O2. The van der Waals surface area contributed by atoms with Crippen molar-refractivity contribution in [1.29, 1.82) is 5.26 Å². The lowest BCUT2D eigenvalue weighted by Crippen LogP contribution is -2.46. The fourth-order valence-electron chi connectivity index (χ4n) is 2.64. The maximum Gasteiger partial charge on any atom is 0.251 e. The lowest BCUT2D eigenvalue weighted by Gasteiger charge is -2.32. The Morgan fingerprint density at radius 1 is 1.36 bits per heavy atom. The Hall–Kier alpha value is -2.35. The molecule has 0 atom stereocenters. The highest BCUT2D eigenvalue weighted by molar-refractivity contribution is 5.94. The van der Waals surface area contributed by atoms with Gasteiger partial charge in [-0.2, -0.15) is 5.26 Å². The van der Waals surface area contributed by atoms with Gasteiger partial charge in [0.25, 0.3) is 5.91 Å². The second-order valence-electron chi connectivity index (χ2n) is 5.57. The first kappa shape index (κ1) is 16.0. The number of nitrogens with zero attached hydrogens (tertiary/aromatic N) is 2. The molecule has 0 spiro atoms. The predicted octanol–water partition coefficient (Wildman–Crippen LogP) is 2.08. The molecule has 1 aliphatic rings. The summed E-state index contributed by atoms with van der Waals surface area (Å²) in [6.45, 7) is 3.39. The van der Waals surface area contributed by atoms with E-state index >= 15 is 0 Å². The van der Waals surface area contributed by atoms with Crippen molar-refractivity contribution in [3.8, 4) is 6.07 Å². The van der Waals surface area contributed by atoms with Crippen LogP contribution in [0.15, 0.2) is 24.3 Å². The van der Waals surface area contributed by atoms with Crippen LogP contribution in [0, 0.1) is 11.3 Å². The Morgan fingerprint density at radius 2 is 2.09 bits per heavy atom. The zero-order valence-electron chi connectivity index (χ0n) is 12.8. The smallest absolute Gasteiger partial charge is 0.251 e. The summed E-state index contributed by atoms with van der Waals surface area (Å²) in [5, 5.41) is 11.9. The number of likely N-dealkylation sites (tertiary alicyclic amines) is 1. The largest absolute Gasteiger partial charge is 0.349 e. The van der Waals surface area contributed by atoms with Crippen molar-refractivity contribution in [3.63, 3.8) is 0 Å². The second-order valence-corrected chi connectivity index (χ2v) is 5.57. The SMILES string of the molecule is CCCC(=O)N1CCC(NC(=O)c2cccc(C#N)c2)CC1. The van der Waals surface area contributed by atoms with Gasteiger partial charge in [-0.25, -0.2) is 0 Å². The number of piperidine rings is 1. The van der Waals surface area contributed by atoms with E-state index in [4.69, 9.17) is 5.26 Å². The molecule has 1 aromatic rings. The Bertz CT molecular complexity index is 584. The van der Waals surface area contributed by atoms with Gasteiger partial charge in [0.1, 0.15) is 0 Å². The minimum Gasteiger partial charge on any atom is -0.349 e. The van der Waals surface area contributed by atoms with Gasteiger partial charge in [0.2, 0.25) is 5.91 Å². The van der Waals surface area contributed by atoms with Gasteiger partial charge in [-0.1, -0.05) is 13.0 Å². The fourth-order valence-corrected chi connectivity index (χ4v) is 2.64. The molecule has 1 N–H and O–H groups in total. The highest BCUT2D eigenvalue weighted by atomic mass is 16.2. The quantitative estimate of drug-likeness (QED) is 0.925. The summed E-state index contributed by atoms with van der Waals surface area (Å²) in [5.74, 6) is 0.0458. The van der Waals surface area contributed by atoms with Gasteiger partial charge in [-0.05, 0) is 37.5 Å². The van der Waals surface area contributed by atoms with E-state index in [-0.39, 0.29) is 17.9 Å². The summed E-state index contributed by atoms with van der Waals surface area (Å²) in [4.78, 5) is 25.9. The van der Waals surface area contributed by atoms with Crippen molar-refractivity contribution in [2.75, 3.05) is 13.1 Å². The zero-order chi connectivity index (χ0) is 15.9. The van der Waals surface area contributed by atoms with Crippen LogP contribution < -0.4 is 5.32 Å². The molecule has 1 saturated heterocycles. The molecular weight excluding hydrogens is 278 g/mol. The van der Waals surface area contributed by atoms with Crippen molar-refractivity contribution in [3.05, 3.63) is 35.4 Å². The van der Waals surface area contributed by atoms with Crippen LogP contribution in [0.4, 0.5) is 0 Å². The van der Waals surface area contributed by atoms with Gasteiger partial charge in [-0.15, -0.1) is 0 Å². The van der Waals surface area contributed by atoms with Crippen LogP contribution in [0.1, 0.15) is 48.5 Å². The molecule has 0 aromatic heterocycles. The Morgan fingerprint density at radius 3 is 2.73 bits per heavy atom. The molecule has 1 fully saturated rings. The number of amides is 2. The number of nitriles is 1. The first-order valence-electron chi connectivity index (χ1n) is 7.73. The highest BCUT2D eigenvalue weighted by Crippen LogP contribution is 2.13. The van der Waals surface area contributed by atoms with Crippen molar-refractivity contribution in [2.45, 2.75) is 38.6 Å². The standard InChI is InChI=1S/C17H21N3O2/c1-2-4-16(21)20-9-7-15(8-10-20)19-17(22)14-6-3-5-13(11-14)12-18/h3,5-6,11,15H,2,4,7-10H2,1H3,(H,19,22). The summed E-state index contributed by atoms with van der Waals surface area (Å²) < 4.78 is 0. The van der Waals surface area contributed by atoms with Crippen molar-refractivity contribution < 1.29 is 9.59 Å². The number of carbonyl (C=O) groups is 2. The molecule has 5 nitrogen and oxygen atoms in total. The Labute approximate surface area is 130 Å². The Kier molecular flexibility index (Phi) is 5.54. The number of hydrogen-bond donors (Lipinski definition) is 1. The fraction of sp³-hybridized carbons (Fsp3) is 0.471. The number of benzene rings is 1. The minimum absolute atomic E-state index is 0.0870. The molecule has 0 bridgehead atoms. The third-order valence-electron chi connectivity index (χ3n) is 3.90. The monoisotopic (exact) mass is 299 g/mol. The lowest BCUT2D eigenvalue weighted by atomic mass is 10.0. The summed E-state index contributed by atoms with van der Waals surface area (Å²) in [6, 6.07) is 8.80. The second kappa shape index (κ2) is 7.60. The molecule has 1 aliphatic heterocycles. The van der Waals surface area contributed by atoms with Gasteiger partial charge in [0.15, 0.2) is 0 Å². The maximum absolute atomic E-state index is 12.2. The molecule has 1 heterocycles. The van der Waals surface area contributed by atoms with Gasteiger partial charge < -0.3 is 10.2 Å². The van der Waals surface area contributed by atoms with E-state index in [1.165, 1.54) is 0 Å². The van der Waals surface area contributed by atoms with Gasteiger partial charge in [0, 0.05) is 31.1 Å². The van der Waals surface area contributed by atoms with E-state index in [9.17, 15) is 9.59 Å². The number of carbonyl (C=O) groups excluding carboxylic acids is 2. The van der Waals surface area contributed by atoms with Crippen LogP contribution in [0.2, 0.25) is 0 Å². The first-order chi connectivity index (χ1) is 10.6. The Balaban J connectivity index is 1.86. The van der Waals surface area contributed by atoms with E-state index in [1.54, 1.807) is 24.3 Å². The predicted molar refractivity (Wildman–Crippen MR) is 83.1 cm³/mol. The topological polar surface area (TPSA) is 73.2 Å². The molecule has 2 amide bonds. The number of hydrogen-bond acceptors (Lipinski definition) is 3. The molecule has 2 rings (SSSR count). The zero-order valence-corrected chi connectivity index (χ0v) is 12.8. The minimum atomic E-state index is -0.157. The molecule has 1 aromatic carbocycles. The summed E-state index contributed by atoms with van der Waals surface area (Å²) >= 11 is 0. The van der Waals surface area contributed by atoms with Crippen molar-refractivity contribution in [1.82, 2.24) is 10.2 Å². The van der Waals surface area contributed by atoms with Crippen LogP contribution in [-0.4, -0.2) is 35.8 Å². The third kappa shape index (κ3) is 4.08. The molecule has 0 radical (unpaired) electrons. The van der Waals surface area contributed by atoms with E-state index < -0.39 is 0 Å². The summed E-state index contributed by atoms with van der Waals surface area (Å²) in [6.07, 6.45) is 3.01. The van der Waals surface area contributed by atoms with Crippen LogP contribution in [0.3, 0.4) is 0 Å². The van der Waals surface area contributed by atoms with Crippen LogP contribution in [-0.2, 0) is 4.79 Å². The number of rotatable bonds is 4. The van der Waals surface area contributed by atoms with Gasteiger partial charge >= 0.3 is 0 Å². The van der Waals surface area contributed by atoms with E-state index in [1.807, 2.05) is 17.9 Å². The summed E-state index contributed by atoms with van der Waals surface area (Å²) in [5.41, 5.74) is 0.983. The molecule has 0 unspecified atom stereocenters. The average Bonchev–Trinajstić information content (AvgIpc) is 2.55. The van der Waals surface area contributed by atoms with E-state index in [0.717, 1.165) is 19.3 Å². The normalized spacial score (nSPS) is 15.2.